The molecule has 2 N–H and O–H groups in total. The van der Waals surface area contributed by atoms with Crippen molar-refractivity contribution < 1.29 is 9.53 Å². The van der Waals surface area contributed by atoms with E-state index in [2.05, 4.69) is 47.4 Å². The summed E-state index contributed by atoms with van der Waals surface area (Å²) in [6.45, 7) is 5.68. The van der Waals surface area contributed by atoms with Gasteiger partial charge in [-0.2, -0.15) is 0 Å². The van der Waals surface area contributed by atoms with Crippen molar-refractivity contribution in [3.8, 4) is 11.1 Å². The number of ether oxygens (including phenoxy) is 1. The van der Waals surface area contributed by atoms with Crippen molar-refractivity contribution in [1.29, 1.82) is 0 Å². The fourth-order valence-electron chi connectivity index (χ4n) is 3.94. The van der Waals surface area contributed by atoms with Crippen LogP contribution in [0.1, 0.15) is 35.3 Å². The highest BCUT2D eigenvalue weighted by atomic mass is 16.5. The number of carbonyl (C=O) groups is 1. The van der Waals surface area contributed by atoms with Crippen LogP contribution in [0, 0.1) is 0 Å². The molecule has 0 atom stereocenters. The summed E-state index contributed by atoms with van der Waals surface area (Å²) in [7, 11) is 0. The molecule has 0 amide bonds. The van der Waals surface area contributed by atoms with Crippen molar-refractivity contribution in [2.24, 2.45) is 5.73 Å². The van der Waals surface area contributed by atoms with Crippen molar-refractivity contribution in [2.75, 3.05) is 18.1 Å². The summed E-state index contributed by atoms with van der Waals surface area (Å²) in [6.07, 6.45) is 1.00. The second-order valence-electron chi connectivity index (χ2n) is 8.58. The van der Waals surface area contributed by atoms with Gasteiger partial charge in [-0.15, -0.1) is 0 Å². The number of hydrogen-bond donors (Lipinski definition) is 1. The third kappa shape index (κ3) is 4.39. The molecule has 3 aromatic carbocycles. The van der Waals surface area contributed by atoms with Crippen molar-refractivity contribution in [3.63, 3.8) is 0 Å². The van der Waals surface area contributed by atoms with Crippen LogP contribution in [-0.4, -0.2) is 24.7 Å². The zero-order valence-corrected chi connectivity index (χ0v) is 17.6. The Morgan fingerprint density at radius 2 is 1.67 bits per heavy atom. The molecule has 0 saturated heterocycles. The number of para-hydroxylation sites is 1. The van der Waals surface area contributed by atoms with Crippen LogP contribution in [0.25, 0.3) is 11.1 Å². The number of nitrogens with zero attached hydrogens (tertiary/aromatic N) is 1. The number of anilines is 1. The predicted molar refractivity (Wildman–Crippen MR) is 122 cm³/mol. The van der Waals surface area contributed by atoms with E-state index in [-0.39, 0.29) is 12.6 Å². The molecule has 4 nitrogen and oxygen atoms in total. The molecule has 0 aliphatic carbocycles. The van der Waals surface area contributed by atoms with Crippen molar-refractivity contribution in [1.82, 2.24) is 0 Å². The van der Waals surface area contributed by atoms with Gasteiger partial charge in [0.25, 0.3) is 0 Å². The molecular formula is C26H28N2O2. The zero-order valence-electron chi connectivity index (χ0n) is 17.6. The van der Waals surface area contributed by atoms with Gasteiger partial charge in [-0.3, -0.25) is 0 Å². The van der Waals surface area contributed by atoms with Gasteiger partial charge in [0, 0.05) is 29.9 Å². The van der Waals surface area contributed by atoms with Gasteiger partial charge in [-0.05, 0) is 43.0 Å². The maximum absolute atomic E-state index is 12.9. The van der Waals surface area contributed by atoms with Gasteiger partial charge in [0.05, 0.1) is 5.56 Å². The van der Waals surface area contributed by atoms with Crippen LogP contribution < -0.4 is 10.6 Å². The standard InChI is InChI=1S/C26H28N2O2/c1-26(2,27)18-30-25(29)23-13-7-6-12-21(23)22-14-8-11-20-15-16-28(24(20)22)17-19-9-4-3-5-10-19/h3-14H,15-18,27H2,1-2H3. The van der Waals surface area contributed by atoms with Crippen LogP contribution in [0.15, 0.2) is 72.8 Å². The molecule has 4 heteroatoms. The van der Waals surface area contributed by atoms with E-state index in [0.717, 1.165) is 30.6 Å². The smallest absolute Gasteiger partial charge is 0.338 e. The first kappa shape index (κ1) is 20.2. The molecule has 0 saturated carbocycles. The Balaban J connectivity index is 1.70. The fraction of sp³-hybridized carbons (Fsp3) is 0.269. The second-order valence-corrected chi connectivity index (χ2v) is 8.58. The van der Waals surface area contributed by atoms with E-state index in [4.69, 9.17) is 10.5 Å². The summed E-state index contributed by atoms with van der Waals surface area (Å²) in [5, 5.41) is 0. The molecule has 3 aromatic rings. The van der Waals surface area contributed by atoms with E-state index in [0.29, 0.717) is 5.56 Å². The molecule has 0 aromatic heterocycles. The Labute approximate surface area is 178 Å². The average Bonchev–Trinajstić information content (AvgIpc) is 3.15. The number of rotatable bonds is 6. The molecule has 0 radical (unpaired) electrons. The predicted octanol–water partition coefficient (Wildman–Crippen LogP) is 4.81. The molecule has 0 bridgehead atoms. The topological polar surface area (TPSA) is 55.6 Å². The molecule has 154 valence electrons. The lowest BCUT2D eigenvalue weighted by Gasteiger charge is -2.24. The maximum atomic E-state index is 12.9. The largest absolute Gasteiger partial charge is 0.460 e. The van der Waals surface area contributed by atoms with Gasteiger partial charge in [0.2, 0.25) is 0 Å². The number of benzene rings is 3. The molecular weight excluding hydrogens is 372 g/mol. The van der Waals surface area contributed by atoms with E-state index < -0.39 is 5.54 Å². The van der Waals surface area contributed by atoms with Crippen LogP contribution in [-0.2, 0) is 17.7 Å². The fourth-order valence-corrected chi connectivity index (χ4v) is 3.94. The number of fused-ring (bicyclic) bond motifs is 1. The van der Waals surface area contributed by atoms with Gasteiger partial charge in [0.15, 0.2) is 0 Å². The van der Waals surface area contributed by atoms with E-state index >= 15 is 0 Å². The Bertz CT molecular complexity index is 1040. The molecule has 0 fully saturated rings. The number of nitrogens with two attached hydrogens (primary N) is 1. The summed E-state index contributed by atoms with van der Waals surface area (Å²) in [4.78, 5) is 15.3. The van der Waals surface area contributed by atoms with Gasteiger partial charge >= 0.3 is 5.97 Å². The summed E-state index contributed by atoms with van der Waals surface area (Å²) < 4.78 is 5.52. The normalized spacial score (nSPS) is 13.2. The van der Waals surface area contributed by atoms with Gasteiger partial charge in [0.1, 0.15) is 6.61 Å². The van der Waals surface area contributed by atoms with Crippen LogP contribution in [0.5, 0.6) is 0 Å². The minimum absolute atomic E-state index is 0.174. The summed E-state index contributed by atoms with van der Waals surface area (Å²) in [6, 6.07) is 24.5. The summed E-state index contributed by atoms with van der Waals surface area (Å²) in [5.41, 5.74) is 11.8. The SMILES string of the molecule is CC(C)(N)COC(=O)c1ccccc1-c1cccc2c1N(Cc1ccccc1)CC2. The first-order chi connectivity index (χ1) is 14.4. The summed E-state index contributed by atoms with van der Waals surface area (Å²) in [5.74, 6) is -0.339. The van der Waals surface area contributed by atoms with E-state index in [9.17, 15) is 4.79 Å². The Morgan fingerprint density at radius 3 is 2.43 bits per heavy atom. The highest BCUT2D eigenvalue weighted by Gasteiger charge is 2.25. The Kier molecular flexibility index (Phi) is 5.60. The lowest BCUT2D eigenvalue weighted by molar-refractivity contribution is 0.0434. The average molecular weight is 401 g/mol. The third-order valence-electron chi connectivity index (χ3n) is 5.32. The van der Waals surface area contributed by atoms with E-state index in [1.807, 2.05) is 44.2 Å². The Hall–Kier alpha value is -3.11. The monoisotopic (exact) mass is 400 g/mol. The zero-order chi connectivity index (χ0) is 21.1. The molecule has 0 unspecified atom stereocenters. The lowest BCUT2D eigenvalue weighted by Crippen LogP contribution is -2.38. The van der Waals surface area contributed by atoms with Crippen LogP contribution in [0.4, 0.5) is 5.69 Å². The van der Waals surface area contributed by atoms with Crippen LogP contribution >= 0.6 is 0 Å². The van der Waals surface area contributed by atoms with Crippen LogP contribution in [0.3, 0.4) is 0 Å². The van der Waals surface area contributed by atoms with Gasteiger partial charge < -0.3 is 15.4 Å². The lowest BCUT2D eigenvalue weighted by atomic mass is 9.96. The highest BCUT2D eigenvalue weighted by molar-refractivity contribution is 6.00. The number of carbonyl (C=O) groups excluding carboxylic acids is 1. The van der Waals surface area contributed by atoms with Gasteiger partial charge in [-0.1, -0.05) is 66.7 Å². The van der Waals surface area contributed by atoms with Crippen molar-refractivity contribution in [3.05, 3.63) is 89.5 Å². The molecule has 30 heavy (non-hydrogen) atoms. The van der Waals surface area contributed by atoms with Gasteiger partial charge in [-0.25, -0.2) is 4.79 Å². The molecule has 1 heterocycles. The molecule has 0 spiro atoms. The van der Waals surface area contributed by atoms with Crippen LogP contribution in [0.2, 0.25) is 0 Å². The maximum Gasteiger partial charge on any atom is 0.338 e. The second kappa shape index (κ2) is 8.33. The van der Waals surface area contributed by atoms with Crippen molar-refractivity contribution in [2.45, 2.75) is 32.4 Å². The Morgan fingerprint density at radius 1 is 0.967 bits per heavy atom. The molecule has 1 aliphatic rings. The first-order valence-electron chi connectivity index (χ1n) is 10.4. The molecule has 4 rings (SSSR count). The highest BCUT2D eigenvalue weighted by Crippen LogP contribution is 2.40. The third-order valence-corrected chi connectivity index (χ3v) is 5.32. The summed E-state index contributed by atoms with van der Waals surface area (Å²) >= 11 is 0. The van der Waals surface area contributed by atoms with Crippen molar-refractivity contribution >= 4 is 11.7 Å². The minimum Gasteiger partial charge on any atom is -0.460 e. The first-order valence-corrected chi connectivity index (χ1v) is 10.4. The van der Waals surface area contributed by atoms with E-state index in [1.165, 1.54) is 16.8 Å². The number of hydrogen-bond acceptors (Lipinski definition) is 4. The number of esters is 1. The minimum atomic E-state index is -0.564. The van der Waals surface area contributed by atoms with E-state index in [1.54, 1.807) is 0 Å². The molecule has 1 aliphatic heterocycles. The quantitative estimate of drug-likeness (QED) is 0.603.